The van der Waals surface area contributed by atoms with Crippen LogP contribution in [-0.4, -0.2) is 79.4 Å². The van der Waals surface area contributed by atoms with Crippen molar-refractivity contribution in [1.29, 1.82) is 5.26 Å². The van der Waals surface area contributed by atoms with E-state index in [9.17, 15) is 8.42 Å². The fraction of sp³-hybridized carbons (Fsp3) is 0.625. The molecule has 3 rings (SSSR count). The molecule has 0 N–H and O–H groups in total. The second-order valence-electron chi connectivity index (χ2n) is 6.24. The van der Waals surface area contributed by atoms with E-state index >= 15 is 0 Å². The highest BCUT2D eigenvalue weighted by Gasteiger charge is 2.37. The van der Waals surface area contributed by atoms with Crippen molar-refractivity contribution in [1.82, 2.24) is 19.1 Å². The minimum atomic E-state index is -3.66. The van der Waals surface area contributed by atoms with Gasteiger partial charge < -0.3 is 4.90 Å². The SMILES string of the molecule is CCN1CCN(C2CCN(S(=O)(=O)c3cccnc3C#N)C2)CC1. The Morgan fingerprint density at radius 1 is 1.29 bits per heavy atom. The van der Waals surface area contributed by atoms with E-state index in [1.54, 1.807) is 6.07 Å². The molecule has 0 amide bonds. The standard InChI is InChI=1S/C16H23N5O2S/c1-2-19-8-10-20(11-9-19)14-5-7-21(13-14)24(22,23)16-4-3-6-18-15(16)12-17/h3-4,6,14H,2,5,7-11,13H2,1H3. The van der Waals surface area contributed by atoms with Gasteiger partial charge in [0, 0.05) is 51.5 Å². The average Bonchev–Trinajstić information content (AvgIpc) is 3.12. The topological polar surface area (TPSA) is 80.5 Å². The van der Waals surface area contributed by atoms with Gasteiger partial charge in [-0.2, -0.15) is 9.57 Å². The van der Waals surface area contributed by atoms with Crippen molar-refractivity contribution in [2.75, 3.05) is 45.8 Å². The first-order valence-corrected chi connectivity index (χ1v) is 9.82. The zero-order chi connectivity index (χ0) is 17.2. The predicted molar refractivity (Wildman–Crippen MR) is 89.8 cm³/mol. The van der Waals surface area contributed by atoms with Crippen molar-refractivity contribution < 1.29 is 8.42 Å². The number of piperazine rings is 1. The summed E-state index contributed by atoms with van der Waals surface area (Å²) in [5, 5.41) is 9.12. The van der Waals surface area contributed by atoms with Gasteiger partial charge in [-0.3, -0.25) is 4.90 Å². The van der Waals surface area contributed by atoms with Gasteiger partial charge in [-0.25, -0.2) is 13.4 Å². The molecule has 24 heavy (non-hydrogen) atoms. The Morgan fingerprint density at radius 2 is 2.04 bits per heavy atom. The van der Waals surface area contributed by atoms with Crippen LogP contribution in [0.25, 0.3) is 0 Å². The molecule has 8 heteroatoms. The maximum absolute atomic E-state index is 12.8. The highest BCUT2D eigenvalue weighted by molar-refractivity contribution is 7.89. The molecular weight excluding hydrogens is 326 g/mol. The maximum atomic E-state index is 12.8. The van der Waals surface area contributed by atoms with Crippen LogP contribution < -0.4 is 0 Å². The number of pyridine rings is 1. The molecule has 130 valence electrons. The summed E-state index contributed by atoms with van der Waals surface area (Å²) in [6.07, 6.45) is 2.28. The zero-order valence-corrected chi connectivity index (χ0v) is 14.7. The van der Waals surface area contributed by atoms with E-state index in [-0.39, 0.29) is 16.6 Å². The van der Waals surface area contributed by atoms with Crippen LogP contribution in [0.5, 0.6) is 0 Å². The first-order valence-electron chi connectivity index (χ1n) is 8.38. The minimum Gasteiger partial charge on any atom is -0.301 e. The van der Waals surface area contributed by atoms with Gasteiger partial charge in [-0.05, 0) is 25.1 Å². The lowest BCUT2D eigenvalue weighted by atomic mass is 10.2. The monoisotopic (exact) mass is 349 g/mol. The van der Waals surface area contributed by atoms with Gasteiger partial charge in [0.1, 0.15) is 11.0 Å². The third-order valence-corrected chi connectivity index (χ3v) is 6.89. The molecule has 2 aliphatic rings. The van der Waals surface area contributed by atoms with Crippen LogP contribution in [-0.2, 0) is 10.0 Å². The quantitative estimate of drug-likeness (QED) is 0.780. The fourth-order valence-electron chi connectivity index (χ4n) is 3.49. The molecule has 2 aliphatic heterocycles. The summed E-state index contributed by atoms with van der Waals surface area (Å²) in [6, 6.07) is 5.17. The molecule has 1 aromatic heterocycles. The fourth-order valence-corrected chi connectivity index (χ4v) is 5.08. The van der Waals surface area contributed by atoms with E-state index in [0.29, 0.717) is 13.1 Å². The van der Waals surface area contributed by atoms with E-state index in [1.807, 2.05) is 6.07 Å². The number of nitrogens with zero attached hydrogens (tertiary/aromatic N) is 5. The number of likely N-dealkylation sites (N-methyl/N-ethyl adjacent to an activating group) is 1. The summed E-state index contributed by atoms with van der Waals surface area (Å²) < 4.78 is 27.2. The van der Waals surface area contributed by atoms with Crippen LogP contribution in [0.1, 0.15) is 19.0 Å². The van der Waals surface area contributed by atoms with Crippen molar-refractivity contribution in [3.05, 3.63) is 24.0 Å². The molecule has 1 unspecified atom stereocenters. The summed E-state index contributed by atoms with van der Waals surface area (Å²) in [5.74, 6) is 0. The Kier molecular flexibility index (Phi) is 5.15. The third-order valence-electron chi connectivity index (χ3n) is 4.99. The zero-order valence-electron chi connectivity index (χ0n) is 13.9. The highest BCUT2D eigenvalue weighted by atomic mass is 32.2. The van der Waals surface area contributed by atoms with Crippen LogP contribution in [0.3, 0.4) is 0 Å². The van der Waals surface area contributed by atoms with Crippen LogP contribution >= 0.6 is 0 Å². The number of sulfonamides is 1. The van der Waals surface area contributed by atoms with Gasteiger partial charge in [-0.15, -0.1) is 0 Å². The molecule has 7 nitrogen and oxygen atoms in total. The maximum Gasteiger partial charge on any atom is 0.246 e. The van der Waals surface area contributed by atoms with Crippen LogP contribution in [0.2, 0.25) is 0 Å². The van der Waals surface area contributed by atoms with Gasteiger partial charge >= 0.3 is 0 Å². The lowest BCUT2D eigenvalue weighted by molar-refractivity contribution is 0.104. The molecule has 2 fully saturated rings. The Hall–Kier alpha value is -1.53. The highest BCUT2D eigenvalue weighted by Crippen LogP contribution is 2.25. The van der Waals surface area contributed by atoms with Crippen molar-refractivity contribution >= 4 is 10.0 Å². The molecule has 3 heterocycles. The van der Waals surface area contributed by atoms with E-state index in [0.717, 1.165) is 39.1 Å². The minimum absolute atomic E-state index is 0.0175. The summed E-state index contributed by atoms with van der Waals surface area (Å²) in [5.41, 5.74) is -0.0301. The van der Waals surface area contributed by atoms with Crippen molar-refractivity contribution in [3.63, 3.8) is 0 Å². The van der Waals surface area contributed by atoms with E-state index in [1.165, 1.54) is 16.6 Å². The summed E-state index contributed by atoms with van der Waals surface area (Å²) >= 11 is 0. The van der Waals surface area contributed by atoms with E-state index in [4.69, 9.17) is 5.26 Å². The average molecular weight is 349 g/mol. The molecule has 1 aromatic rings. The smallest absolute Gasteiger partial charge is 0.246 e. The molecule has 0 aromatic carbocycles. The van der Waals surface area contributed by atoms with Gasteiger partial charge in [0.2, 0.25) is 10.0 Å². The Bertz CT molecular complexity index is 722. The second kappa shape index (κ2) is 7.15. The molecule has 0 spiro atoms. The normalized spacial score (nSPS) is 24.1. The Labute approximate surface area is 143 Å². The number of hydrogen-bond acceptors (Lipinski definition) is 6. The number of hydrogen-bond donors (Lipinski definition) is 0. The molecule has 0 saturated carbocycles. The number of rotatable bonds is 4. The Morgan fingerprint density at radius 3 is 2.71 bits per heavy atom. The van der Waals surface area contributed by atoms with Crippen molar-refractivity contribution in [2.45, 2.75) is 24.3 Å². The molecule has 1 atom stereocenters. The number of nitriles is 1. The summed E-state index contributed by atoms with van der Waals surface area (Å²) in [7, 11) is -3.66. The molecular formula is C16H23N5O2S. The Balaban J connectivity index is 1.70. The molecule has 0 bridgehead atoms. The third kappa shape index (κ3) is 3.30. The lowest BCUT2D eigenvalue weighted by Crippen LogP contribution is -2.51. The molecule has 2 saturated heterocycles. The first-order chi connectivity index (χ1) is 11.6. The number of aromatic nitrogens is 1. The summed E-state index contributed by atoms with van der Waals surface area (Å²) in [6.45, 7) is 8.29. The van der Waals surface area contributed by atoms with E-state index < -0.39 is 10.0 Å². The lowest BCUT2D eigenvalue weighted by Gasteiger charge is -2.37. The van der Waals surface area contributed by atoms with Gasteiger partial charge in [0.25, 0.3) is 0 Å². The van der Waals surface area contributed by atoms with Crippen molar-refractivity contribution in [2.24, 2.45) is 0 Å². The second-order valence-corrected chi connectivity index (χ2v) is 8.14. The first kappa shape index (κ1) is 17.3. The van der Waals surface area contributed by atoms with Gasteiger partial charge in [-0.1, -0.05) is 6.92 Å². The van der Waals surface area contributed by atoms with Crippen LogP contribution in [0, 0.1) is 11.3 Å². The largest absolute Gasteiger partial charge is 0.301 e. The van der Waals surface area contributed by atoms with Crippen molar-refractivity contribution in [3.8, 4) is 6.07 Å². The van der Waals surface area contributed by atoms with Gasteiger partial charge in [0.15, 0.2) is 5.69 Å². The predicted octanol–water partition coefficient (Wildman–Crippen LogP) is 0.354. The summed E-state index contributed by atoms with van der Waals surface area (Å²) in [4.78, 5) is 8.71. The molecule has 0 aliphatic carbocycles. The van der Waals surface area contributed by atoms with E-state index in [2.05, 4.69) is 21.7 Å². The van der Waals surface area contributed by atoms with Gasteiger partial charge in [0.05, 0.1) is 0 Å². The molecule has 0 radical (unpaired) electrons. The van der Waals surface area contributed by atoms with Crippen LogP contribution in [0.4, 0.5) is 0 Å². The van der Waals surface area contributed by atoms with Crippen LogP contribution in [0.15, 0.2) is 23.2 Å².